The molecule has 0 unspecified atom stereocenters. The molecule has 114 heavy (non-hydrogen) atoms. The van der Waals surface area contributed by atoms with Gasteiger partial charge in [-0.15, -0.1) is 0 Å². The minimum atomic E-state index is -0.404. The molecular formula is C106H77N7O. The molecule has 0 saturated heterocycles. The number of fused-ring (bicyclic) bond motifs is 16. The van der Waals surface area contributed by atoms with Crippen LogP contribution in [0.5, 0.6) is 0 Å². The Hall–Kier alpha value is -14.3. The molecule has 542 valence electrons. The first-order chi connectivity index (χ1) is 56.0. The lowest BCUT2D eigenvalue weighted by molar-refractivity contribution is 0.561. The maximum atomic E-state index is 6.84. The van der Waals surface area contributed by atoms with E-state index in [1.807, 2.05) is 0 Å². The Morgan fingerprint density at radius 3 is 1.23 bits per heavy atom. The Morgan fingerprint density at radius 1 is 0.237 bits per heavy atom. The molecule has 4 aliphatic rings. The van der Waals surface area contributed by atoms with Crippen molar-refractivity contribution in [1.82, 2.24) is 4.57 Å². The van der Waals surface area contributed by atoms with Crippen LogP contribution in [-0.2, 0) is 17.3 Å². The normalized spacial score (nSPS) is 14.3. The average molecular weight is 1460 g/mol. The van der Waals surface area contributed by atoms with Gasteiger partial charge in [-0.25, -0.2) is 0 Å². The molecule has 0 radical (unpaired) electrons. The highest BCUT2D eigenvalue weighted by molar-refractivity contribution is 6.17. The summed E-state index contributed by atoms with van der Waals surface area (Å²) in [6, 6.07) is 135. The summed E-state index contributed by atoms with van der Waals surface area (Å²) in [4.78, 5) is 14.9. The second kappa shape index (κ2) is 24.8. The van der Waals surface area contributed by atoms with E-state index in [-0.39, 0.29) is 5.41 Å². The SMILES string of the molecule is Cc1cc2cc(N3c4ccccc4C(C)(Cc4ccc(N5c6ccccc6N(c6cccc7c(N8c9ccccc9N(c9ccccc9)c9ccccc98)cccc67)c6cc7oc8ccccc8c7cc65)cc4)c4ccccc43)c(C)cc2cc1N1c2ccccc2C(C)(C)c2cc3c4ccccc4n(-c4ccccc4)c3cc21. The molecule has 0 amide bonds. The number of furan rings is 1. The molecular weight excluding hydrogens is 1390 g/mol. The average Bonchev–Trinajstić information content (AvgIpc) is 1.59. The van der Waals surface area contributed by atoms with E-state index in [1.165, 1.54) is 106 Å². The van der Waals surface area contributed by atoms with E-state index >= 15 is 0 Å². The maximum Gasteiger partial charge on any atom is 0.137 e. The zero-order valence-corrected chi connectivity index (χ0v) is 63.9. The molecule has 8 nitrogen and oxygen atoms in total. The van der Waals surface area contributed by atoms with Crippen LogP contribution in [0.15, 0.2) is 368 Å². The number of anilines is 18. The molecule has 0 bridgehead atoms. The summed E-state index contributed by atoms with van der Waals surface area (Å²) in [6.07, 6.45) is 0.777. The summed E-state index contributed by atoms with van der Waals surface area (Å²) in [5.74, 6) is 0. The number of nitrogens with zero attached hydrogens (tertiary/aromatic N) is 7. The number of aryl methyl sites for hydroxylation is 2. The summed E-state index contributed by atoms with van der Waals surface area (Å²) in [5, 5.41) is 9.33. The summed E-state index contributed by atoms with van der Waals surface area (Å²) < 4.78 is 9.29. The number of rotatable bonds is 9. The van der Waals surface area contributed by atoms with Gasteiger partial charge in [0.1, 0.15) is 11.2 Å². The first kappa shape index (κ1) is 65.5. The van der Waals surface area contributed by atoms with E-state index < -0.39 is 5.41 Å². The third-order valence-corrected chi connectivity index (χ3v) is 25.1. The zero-order chi connectivity index (χ0) is 75.8. The fraction of sp³-hybridized carbons (Fsp3) is 0.0755. The van der Waals surface area contributed by atoms with Crippen molar-refractivity contribution in [2.45, 2.75) is 51.9 Å². The molecule has 0 atom stereocenters. The van der Waals surface area contributed by atoms with Crippen molar-refractivity contribution in [3.8, 4) is 5.69 Å². The quantitative estimate of drug-likeness (QED) is 0.143. The predicted molar refractivity (Wildman–Crippen MR) is 476 cm³/mol. The van der Waals surface area contributed by atoms with Crippen LogP contribution in [0.25, 0.3) is 71.0 Å². The van der Waals surface area contributed by atoms with Crippen LogP contribution in [0.4, 0.5) is 102 Å². The number of hydrogen-bond donors (Lipinski definition) is 0. The summed E-state index contributed by atoms with van der Waals surface area (Å²) >= 11 is 0. The number of benzene rings is 17. The standard InChI is InChI=1S/C106H77N7O/c1-67-58-71-61-98(113-88-42-18-14-38-81(88)105(3,4)84-62-79-77-34-12-17-41-85(77)107(99(79)64-100(84)113)72-30-8-6-9-31-72)68(2)59-70(71)60-97(67)112-89-43-19-15-39-82(89)106(5,83-40-16-20-44-90(83)112)66-69-54-56-74(57-55-69)109-93-47-23-26-50-96(93)111(102-65-104-80(63-101(102)109)78-35-13-27-53-103(78)114-104)87-52-29-36-75-76(87)37-28-51-86(75)110-94-48-24-21-45-91(94)108(73-32-10-7-11-33-73)92-46-22-25-49-95(92)110/h6-65H,66H2,1-5H3. The fourth-order valence-electron chi connectivity index (χ4n) is 20.0. The second-order valence-electron chi connectivity index (χ2n) is 31.9. The number of para-hydroxylation sites is 13. The topological polar surface area (TPSA) is 37.5 Å². The number of aromatic nitrogens is 1. The molecule has 17 aromatic carbocycles. The van der Waals surface area contributed by atoms with Crippen LogP contribution in [-0.4, -0.2) is 4.57 Å². The first-order valence-corrected chi connectivity index (χ1v) is 39.7. The van der Waals surface area contributed by atoms with Crippen LogP contribution >= 0.6 is 0 Å². The minimum absolute atomic E-state index is 0.269. The highest BCUT2D eigenvalue weighted by atomic mass is 16.3. The molecule has 6 heterocycles. The van der Waals surface area contributed by atoms with Gasteiger partial charge in [-0.1, -0.05) is 221 Å². The van der Waals surface area contributed by atoms with Gasteiger partial charge in [0, 0.05) is 77.7 Å². The summed E-state index contributed by atoms with van der Waals surface area (Å²) in [7, 11) is 0. The Morgan fingerprint density at radius 2 is 0.649 bits per heavy atom. The fourth-order valence-corrected chi connectivity index (χ4v) is 20.0. The molecule has 4 aliphatic heterocycles. The van der Waals surface area contributed by atoms with Crippen molar-refractivity contribution in [2.24, 2.45) is 0 Å². The van der Waals surface area contributed by atoms with E-state index in [0.29, 0.717) is 0 Å². The zero-order valence-electron chi connectivity index (χ0n) is 63.9. The van der Waals surface area contributed by atoms with Crippen LogP contribution in [0, 0.1) is 13.8 Å². The highest BCUT2D eigenvalue weighted by Crippen LogP contribution is 2.62. The third-order valence-electron chi connectivity index (χ3n) is 25.1. The largest absolute Gasteiger partial charge is 0.456 e. The molecule has 0 spiro atoms. The van der Waals surface area contributed by atoms with Crippen molar-refractivity contribution < 1.29 is 4.42 Å². The van der Waals surface area contributed by atoms with Crippen molar-refractivity contribution >= 4 is 168 Å². The lowest BCUT2D eigenvalue weighted by atomic mass is 9.68. The Kier molecular flexibility index (Phi) is 14.3. The number of hydrogen-bond acceptors (Lipinski definition) is 7. The van der Waals surface area contributed by atoms with Gasteiger partial charge in [0.25, 0.3) is 0 Å². The summed E-state index contributed by atoms with van der Waals surface area (Å²) in [6.45, 7) is 11.9. The molecule has 0 aliphatic carbocycles. The lowest BCUT2D eigenvalue weighted by Crippen LogP contribution is -2.35. The second-order valence-corrected chi connectivity index (χ2v) is 31.9. The van der Waals surface area contributed by atoms with Gasteiger partial charge in [-0.3, -0.25) is 0 Å². The van der Waals surface area contributed by atoms with Gasteiger partial charge < -0.3 is 38.4 Å². The smallest absolute Gasteiger partial charge is 0.137 e. The molecule has 23 rings (SSSR count). The van der Waals surface area contributed by atoms with E-state index in [1.54, 1.807) is 0 Å². The van der Waals surface area contributed by atoms with Crippen molar-refractivity contribution in [1.29, 1.82) is 0 Å². The van der Waals surface area contributed by atoms with E-state index in [9.17, 15) is 0 Å². The van der Waals surface area contributed by atoms with Gasteiger partial charge in [0.15, 0.2) is 0 Å². The Labute approximate surface area is 662 Å². The predicted octanol–water partition coefficient (Wildman–Crippen LogP) is 29.6. The van der Waals surface area contributed by atoms with Crippen molar-refractivity contribution in [3.63, 3.8) is 0 Å². The van der Waals surface area contributed by atoms with Crippen LogP contribution in [0.1, 0.15) is 59.7 Å². The van der Waals surface area contributed by atoms with Gasteiger partial charge in [-0.05, 0) is 228 Å². The highest BCUT2D eigenvalue weighted by Gasteiger charge is 2.43. The molecule has 0 N–H and O–H groups in total. The lowest BCUT2D eigenvalue weighted by Gasteiger charge is -2.44. The van der Waals surface area contributed by atoms with Crippen LogP contribution in [0.2, 0.25) is 0 Å². The van der Waals surface area contributed by atoms with Crippen molar-refractivity contribution in [3.05, 3.63) is 403 Å². The maximum absolute atomic E-state index is 6.84. The third kappa shape index (κ3) is 9.58. The Bertz CT molecular complexity index is 7120. The molecule has 0 fully saturated rings. The van der Waals surface area contributed by atoms with Crippen LogP contribution in [0.3, 0.4) is 0 Å². The first-order valence-electron chi connectivity index (χ1n) is 39.7. The molecule has 19 aromatic rings. The van der Waals surface area contributed by atoms with Crippen LogP contribution < -0.4 is 29.4 Å². The van der Waals surface area contributed by atoms with Crippen molar-refractivity contribution in [2.75, 3.05) is 29.4 Å². The summed E-state index contributed by atoms with van der Waals surface area (Å²) in [5.41, 5.74) is 33.6. The van der Waals surface area contributed by atoms with Gasteiger partial charge in [0.05, 0.1) is 90.7 Å². The molecule has 2 aromatic heterocycles. The van der Waals surface area contributed by atoms with E-state index in [2.05, 4.69) is 433 Å². The molecule has 0 saturated carbocycles. The van der Waals surface area contributed by atoms with Gasteiger partial charge in [0.2, 0.25) is 0 Å². The van der Waals surface area contributed by atoms with Gasteiger partial charge >= 0.3 is 0 Å². The van der Waals surface area contributed by atoms with E-state index in [0.717, 1.165) is 113 Å². The molecule has 8 heteroatoms. The minimum Gasteiger partial charge on any atom is -0.456 e. The van der Waals surface area contributed by atoms with E-state index in [4.69, 9.17) is 4.42 Å². The monoisotopic (exact) mass is 1460 g/mol. The Balaban J connectivity index is 0.607. The van der Waals surface area contributed by atoms with Gasteiger partial charge in [-0.2, -0.15) is 0 Å².